The highest BCUT2D eigenvalue weighted by Crippen LogP contribution is 2.21. The van der Waals surface area contributed by atoms with E-state index in [4.69, 9.17) is 0 Å². The van der Waals surface area contributed by atoms with Crippen LogP contribution in [0.5, 0.6) is 0 Å². The molecule has 0 bridgehead atoms. The van der Waals surface area contributed by atoms with E-state index in [0.717, 1.165) is 13.1 Å². The Labute approximate surface area is 84.5 Å². The fourth-order valence-electron chi connectivity index (χ4n) is 1.86. The van der Waals surface area contributed by atoms with Crippen LogP contribution in [0.1, 0.15) is 11.6 Å². The fraction of sp³-hybridized carbons (Fsp3) is 0.333. The summed E-state index contributed by atoms with van der Waals surface area (Å²) in [5, 5.41) is 9.37. The van der Waals surface area contributed by atoms with Crippen molar-refractivity contribution in [1.82, 2.24) is 4.90 Å². The monoisotopic (exact) mass is 189 g/mol. The first-order valence-corrected chi connectivity index (χ1v) is 4.96. The highest BCUT2D eigenvalue weighted by molar-refractivity contribution is 5.20. The summed E-state index contributed by atoms with van der Waals surface area (Å²) in [5.41, 5.74) is 1.19. The molecule has 1 unspecified atom stereocenters. The fourth-order valence-corrected chi connectivity index (χ4v) is 1.86. The molecule has 74 valence electrons. The Kier molecular flexibility index (Phi) is 2.96. The van der Waals surface area contributed by atoms with Gasteiger partial charge in [-0.2, -0.15) is 0 Å². The van der Waals surface area contributed by atoms with Gasteiger partial charge in [-0.3, -0.25) is 4.90 Å². The Morgan fingerprint density at radius 2 is 1.79 bits per heavy atom. The van der Waals surface area contributed by atoms with Crippen LogP contribution in [-0.4, -0.2) is 29.7 Å². The van der Waals surface area contributed by atoms with Gasteiger partial charge in [0.15, 0.2) is 0 Å². The minimum atomic E-state index is 0.145. The Balaban J connectivity index is 2.13. The number of aliphatic hydroxyl groups is 1. The lowest BCUT2D eigenvalue weighted by atomic mass is 10.1. The maximum atomic E-state index is 9.37. The van der Waals surface area contributed by atoms with E-state index in [-0.39, 0.29) is 12.6 Å². The van der Waals surface area contributed by atoms with Gasteiger partial charge in [0.1, 0.15) is 0 Å². The van der Waals surface area contributed by atoms with Gasteiger partial charge < -0.3 is 5.11 Å². The van der Waals surface area contributed by atoms with Crippen molar-refractivity contribution in [3.8, 4) is 0 Å². The second kappa shape index (κ2) is 4.40. The molecule has 1 heterocycles. The van der Waals surface area contributed by atoms with Crippen molar-refractivity contribution < 1.29 is 5.11 Å². The maximum Gasteiger partial charge on any atom is 0.0628 e. The van der Waals surface area contributed by atoms with Crippen LogP contribution >= 0.6 is 0 Å². The van der Waals surface area contributed by atoms with E-state index in [9.17, 15) is 5.11 Å². The summed E-state index contributed by atoms with van der Waals surface area (Å²) in [6, 6.07) is 10.3. The van der Waals surface area contributed by atoms with Gasteiger partial charge in [-0.25, -0.2) is 0 Å². The molecular formula is C12H15NO. The molecule has 0 fully saturated rings. The van der Waals surface area contributed by atoms with Gasteiger partial charge in [-0.15, -0.1) is 0 Å². The summed E-state index contributed by atoms with van der Waals surface area (Å²) in [6.07, 6.45) is 4.29. The first-order valence-electron chi connectivity index (χ1n) is 4.96. The van der Waals surface area contributed by atoms with Crippen molar-refractivity contribution in [2.45, 2.75) is 6.04 Å². The number of nitrogens with zero attached hydrogens (tertiary/aromatic N) is 1. The molecule has 1 N–H and O–H groups in total. The van der Waals surface area contributed by atoms with Crippen LogP contribution in [0.25, 0.3) is 0 Å². The van der Waals surface area contributed by atoms with Crippen molar-refractivity contribution in [3.05, 3.63) is 48.0 Å². The first kappa shape index (κ1) is 9.44. The first-order chi connectivity index (χ1) is 6.92. The molecule has 1 aromatic carbocycles. The van der Waals surface area contributed by atoms with Crippen LogP contribution in [0.2, 0.25) is 0 Å². The molecule has 0 aliphatic carbocycles. The SMILES string of the molecule is OCC(c1ccccc1)N1CC=CC1. The molecule has 1 aliphatic rings. The highest BCUT2D eigenvalue weighted by atomic mass is 16.3. The third kappa shape index (κ3) is 1.86. The van der Waals surface area contributed by atoms with Crippen LogP contribution in [0, 0.1) is 0 Å². The largest absolute Gasteiger partial charge is 0.394 e. The second-order valence-corrected chi connectivity index (χ2v) is 3.53. The minimum absolute atomic E-state index is 0.145. The third-order valence-corrected chi connectivity index (χ3v) is 2.64. The van der Waals surface area contributed by atoms with E-state index in [0.29, 0.717) is 0 Å². The zero-order chi connectivity index (χ0) is 9.80. The Hall–Kier alpha value is -1.12. The zero-order valence-electron chi connectivity index (χ0n) is 8.13. The predicted molar refractivity (Wildman–Crippen MR) is 57.0 cm³/mol. The van der Waals surface area contributed by atoms with Crippen molar-refractivity contribution in [3.63, 3.8) is 0 Å². The molecule has 0 saturated heterocycles. The Bertz CT molecular complexity index is 299. The average Bonchev–Trinajstić information content (AvgIpc) is 2.74. The minimum Gasteiger partial charge on any atom is -0.394 e. The lowest BCUT2D eigenvalue weighted by Gasteiger charge is -2.25. The molecule has 0 amide bonds. The molecule has 2 nitrogen and oxygen atoms in total. The van der Waals surface area contributed by atoms with Crippen LogP contribution < -0.4 is 0 Å². The van der Waals surface area contributed by atoms with Crippen molar-refractivity contribution in [2.75, 3.05) is 19.7 Å². The molecule has 0 saturated carbocycles. The summed E-state index contributed by atoms with van der Waals surface area (Å²) in [4.78, 5) is 2.26. The zero-order valence-corrected chi connectivity index (χ0v) is 8.13. The predicted octanol–water partition coefficient (Wildman–Crippen LogP) is 1.59. The van der Waals surface area contributed by atoms with E-state index < -0.39 is 0 Å². The molecular weight excluding hydrogens is 174 g/mol. The molecule has 0 spiro atoms. The van der Waals surface area contributed by atoms with Gasteiger partial charge in [-0.05, 0) is 5.56 Å². The summed E-state index contributed by atoms with van der Waals surface area (Å²) < 4.78 is 0. The summed E-state index contributed by atoms with van der Waals surface area (Å²) in [5.74, 6) is 0. The van der Waals surface area contributed by atoms with Crippen LogP contribution in [0.3, 0.4) is 0 Å². The van der Waals surface area contributed by atoms with Gasteiger partial charge in [0.2, 0.25) is 0 Å². The van der Waals surface area contributed by atoms with Gasteiger partial charge in [0.25, 0.3) is 0 Å². The number of benzene rings is 1. The quantitative estimate of drug-likeness (QED) is 0.730. The van der Waals surface area contributed by atoms with Crippen molar-refractivity contribution >= 4 is 0 Å². The van der Waals surface area contributed by atoms with Gasteiger partial charge in [-0.1, -0.05) is 42.5 Å². The molecule has 1 aliphatic heterocycles. The third-order valence-electron chi connectivity index (χ3n) is 2.64. The van der Waals surface area contributed by atoms with E-state index in [1.165, 1.54) is 5.56 Å². The molecule has 0 radical (unpaired) electrons. The molecule has 2 heteroatoms. The van der Waals surface area contributed by atoms with Gasteiger partial charge >= 0.3 is 0 Å². The van der Waals surface area contributed by atoms with Gasteiger partial charge in [0, 0.05) is 13.1 Å². The second-order valence-electron chi connectivity index (χ2n) is 3.53. The van der Waals surface area contributed by atoms with E-state index >= 15 is 0 Å². The normalized spacial score (nSPS) is 18.6. The van der Waals surface area contributed by atoms with Crippen LogP contribution in [0.4, 0.5) is 0 Å². The van der Waals surface area contributed by atoms with Crippen LogP contribution in [0.15, 0.2) is 42.5 Å². The molecule has 1 atom stereocenters. The lowest BCUT2D eigenvalue weighted by Crippen LogP contribution is -2.28. The summed E-state index contributed by atoms with van der Waals surface area (Å²) >= 11 is 0. The Morgan fingerprint density at radius 3 is 2.36 bits per heavy atom. The van der Waals surface area contributed by atoms with Crippen molar-refractivity contribution in [2.24, 2.45) is 0 Å². The smallest absolute Gasteiger partial charge is 0.0628 e. The Morgan fingerprint density at radius 1 is 1.14 bits per heavy atom. The molecule has 0 aromatic heterocycles. The maximum absolute atomic E-state index is 9.37. The molecule has 14 heavy (non-hydrogen) atoms. The number of hydrogen-bond acceptors (Lipinski definition) is 2. The highest BCUT2D eigenvalue weighted by Gasteiger charge is 2.19. The standard InChI is InChI=1S/C12H15NO/c14-10-12(13-8-4-5-9-13)11-6-2-1-3-7-11/h1-7,12,14H,8-10H2. The van der Waals surface area contributed by atoms with E-state index in [1.54, 1.807) is 0 Å². The van der Waals surface area contributed by atoms with Crippen molar-refractivity contribution in [1.29, 1.82) is 0 Å². The van der Waals surface area contributed by atoms with E-state index in [2.05, 4.69) is 29.2 Å². The van der Waals surface area contributed by atoms with Gasteiger partial charge in [0.05, 0.1) is 12.6 Å². The average molecular weight is 189 g/mol. The lowest BCUT2D eigenvalue weighted by molar-refractivity contribution is 0.152. The summed E-state index contributed by atoms with van der Waals surface area (Å²) in [6.45, 7) is 2.08. The van der Waals surface area contributed by atoms with Crippen LogP contribution in [-0.2, 0) is 0 Å². The molecule has 1 aromatic rings. The molecule has 2 rings (SSSR count). The summed E-state index contributed by atoms with van der Waals surface area (Å²) in [7, 11) is 0. The topological polar surface area (TPSA) is 23.5 Å². The van der Waals surface area contributed by atoms with E-state index in [1.807, 2.05) is 18.2 Å². The number of rotatable bonds is 3. The number of hydrogen-bond donors (Lipinski definition) is 1. The number of aliphatic hydroxyl groups excluding tert-OH is 1.